The van der Waals surface area contributed by atoms with E-state index in [2.05, 4.69) is 58.9 Å². The van der Waals surface area contributed by atoms with Crippen molar-refractivity contribution in [3.05, 3.63) is 70.2 Å². The highest BCUT2D eigenvalue weighted by Gasteiger charge is 2.31. The highest BCUT2D eigenvalue weighted by atomic mass is 79.9. The number of morpholine rings is 1. The van der Waals surface area contributed by atoms with Crippen LogP contribution in [0.15, 0.2) is 59.1 Å². The van der Waals surface area contributed by atoms with Crippen LogP contribution in [0, 0.1) is 0 Å². The van der Waals surface area contributed by atoms with Crippen molar-refractivity contribution in [2.45, 2.75) is 44.6 Å². The molecule has 3 rings (SSSR count). The molecule has 0 amide bonds. The van der Waals surface area contributed by atoms with Crippen molar-refractivity contribution in [1.29, 1.82) is 0 Å². The Morgan fingerprint density at radius 1 is 1.17 bits per heavy atom. The second-order valence-corrected chi connectivity index (χ2v) is 8.29. The molecule has 0 aromatic heterocycles. The minimum atomic E-state index is -0.524. The predicted octanol–water partition coefficient (Wildman–Crippen LogP) is 5.16. The fourth-order valence-corrected chi connectivity index (χ4v) is 4.05. The van der Waals surface area contributed by atoms with Gasteiger partial charge >= 0.3 is 0 Å². The fraction of sp³-hybridized carbons (Fsp3) is 0.478. The zero-order chi connectivity index (χ0) is 19.9. The SMILES string of the molecule is CCC(OCC(O)CN1CCOC(c2ccc(Br)cc2)C1C)c1ccccc1.Cl. The van der Waals surface area contributed by atoms with E-state index in [1.54, 1.807) is 0 Å². The second-order valence-electron chi connectivity index (χ2n) is 7.37. The molecule has 6 heteroatoms. The Morgan fingerprint density at radius 2 is 1.86 bits per heavy atom. The number of hydrogen-bond donors (Lipinski definition) is 1. The molecule has 2 aromatic rings. The number of benzene rings is 2. The van der Waals surface area contributed by atoms with E-state index >= 15 is 0 Å². The van der Waals surface area contributed by atoms with Crippen molar-refractivity contribution in [2.24, 2.45) is 0 Å². The van der Waals surface area contributed by atoms with Crippen molar-refractivity contribution in [3.8, 4) is 0 Å². The van der Waals surface area contributed by atoms with Crippen LogP contribution in [0.25, 0.3) is 0 Å². The van der Waals surface area contributed by atoms with Gasteiger partial charge in [-0.05, 0) is 36.6 Å². The Hall–Kier alpha value is -0.950. The molecule has 29 heavy (non-hydrogen) atoms. The lowest BCUT2D eigenvalue weighted by atomic mass is 10.0. The van der Waals surface area contributed by atoms with Crippen LogP contribution in [0.4, 0.5) is 0 Å². The molecule has 1 fully saturated rings. The molecule has 4 unspecified atom stereocenters. The first-order valence-corrected chi connectivity index (χ1v) is 10.8. The van der Waals surface area contributed by atoms with E-state index in [1.807, 2.05) is 30.3 Å². The molecule has 2 aromatic carbocycles. The molecule has 4 nitrogen and oxygen atoms in total. The molecule has 0 saturated carbocycles. The number of aliphatic hydroxyl groups is 1. The topological polar surface area (TPSA) is 41.9 Å². The normalized spacial score (nSPS) is 21.9. The van der Waals surface area contributed by atoms with Gasteiger partial charge in [0.25, 0.3) is 0 Å². The summed E-state index contributed by atoms with van der Waals surface area (Å²) in [6, 6.07) is 18.7. The van der Waals surface area contributed by atoms with Crippen molar-refractivity contribution in [2.75, 3.05) is 26.3 Å². The summed E-state index contributed by atoms with van der Waals surface area (Å²) in [6.07, 6.45) is 0.399. The van der Waals surface area contributed by atoms with Gasteiger partial charge in [-0.15, -0.1) is 12.4 Å². The lowest BCUT2D eigenvalue weighted by Crippen LogP contribution is -2.49. The first kappa shape index (κ1) is 24.3. The van der Waals surface area contributed by atoms with E-state index in [-0.39, 0.29) is 30.7 Å². The van der Waals surface area contributed by atoms with E-state index in [9.17, 15) is 5.11 Å². The summed E-state index contributed by atoms with van der Waals surface area (Å²) in [5.74, 6) is 0. The second kappa shape index (κ2) is 12.0. The molecule has 160 valence electrons. The average molecular weight is 485 g/mol. The van der Waals surface area contributed by atoms with Crippen LogP contribution in [0.5, 0.6) is 0 Å². The Bertz CT molecular complexity index is 716. The van der Waals surface area contributed by atoms with Gasteiger partial charge in [0, 0.05) is 23.6 Å². The number of halogens is 2. The third-order valence-electron chi connectivity index (χ3n) is 5.37. The van der Waals surface area contributed by atoms with Gasteiger partial charge in [-0.2, -0.15) is 0 Å². The maximum absolute atomic E-state index is 10.6. The Morgan fingerprint density at radius 3 is 2.52 bits per heavy atom. The minimum Gasteiger partial charge on any atom is -0.389 e. The van der Waals surface area contributed by atoms with Gasteiger partial charge in [0.2, 0.25) is 0 Å². The molecular formula is C23H31BrClNO3. The summed E-state index contributed by atoms with van der Waals surface area (Å²) in [5, 5.41) is 10.6. The summed E-state index contributed by atoms with van der Waals surface area (Å²) in [5.41, 5.74) is 2.33. The number of hydrogen-bond acceptors (Lipinski definition) is 4. The first-order chi connectivity index (χ1) is 13.6. The average Bonchev–Trinajstić information content (AvgIpc) is 2.72. The summed E-state index contributed by atoms with van der Waals surface area (Å²) in [6.45, 7) is 6.68. The van der Waals surface area contributed by atoms with Gasteiger partial charge in [-0.1, -0.05) is 65.3 Å². The third-order valence-corrected chi connectivity index (χ3v) is 5.89. The van der Waals surface area contributed by atoms with Gasteiger partial charge in [-0.3, -0.25) is 4.90 Å². The smallest absolute Gasteiger partial charge is 0.0977 e. The standard InChI is InChI=1S/C23H30BrNO3.ClH/c1-3-22(18-7-5-4-6-8-18)28-16-21(26)15-25-13-14-27-23(17(25)2)19-9-11-20(24)12-10-19;/h4-12,17,21-23,26H,3,13-16H2,1-2H3;1H. The van der Waals surface area contributed by atoms with E-state index in [0.29, 0.717) is 19.8 Å². The molecular weight excluding hydrogens is 454 g/mol. The van der Waals surface area contributed by atoms with Crippen LogP contribution in [0.1, 0.15) is 43.6 Å². The quantitative estimate of drug-likeness (QED) is 0.562. The monoisotopic (exact) mass is 483 g/mol. The van der Waals surface area contributed by atoms with Crippen molar-refractivity contribution in [3.63, 3.8) is 0 Å². The van der Waals surface area contributed by atoms with Crippen LogP contribution < -0.4 is 0 Å². The van der Waals surface area contributed by atoms with Crippen molar-refractivity contribution < 1.29 is 14.6 Å². The summed E-state index contributed by atoms with van der Waals surface area (Å²) in [7, 11) is 0. The number of ether oxygens (including phenoxy) is 2. The third kappa shape index (κ3) is 6.78. The van der Waals surface area contributed by atoms with Crippen LogP contribution in [-0.4, -0.2) is 48.5 Å². The fourth-order valence-electron chi connectivity index (χ4n) is 3.78. The van der Waals surface area contributed by atoms with Gasteiger partial charge in [0.05, 0.1) is 31.5 Å². The van der Waals surface area contributed by atoms with E-state index in [0.717, 1.165) is 23.0 Å². The molecule has 4 atom stereocenters. The maximum atomic E-state index is 10.6. The molecule has 0 aliphatic carbocycles. The molecule has 1 heterocycles. The maximum Gasteiger partial charge on any atom is 0.0977 e. The van der Waals surface area contributed by atoms with Gasteiger partial charge in [0.1, 0.15) is 0 Å². The molecule has 0 bridgehead atoms. The number of rotatable bonds is 8. The van der Waals surface area contributed by atoms with Gasteiger partial charge in [0.15, 0.2) is 0 Å². The van der Waals surface area contributed by atoms with E-state index in [1.165, 1.54) is 5.56 Å². The first-order valence-electron chi connectivity index (χ1n) is 10.0. The molecule has 1 saturated heterocycles. The van der Waals surface area contributed by atoms with Crippen LogP contribution in [0.3, 0.4) is 0 Å². The molecule has 1 N–H and O–H groups in total. The minimum absolute atomic E-state index is 0. The number of β-amino-alcohol motifs (C(OH)–C–C–N with tert-alkyl or cyclic N) is 1. The number of aliphatic hydroxyl groups excluding tert-OH is 1. The number of nitrogens with zero attached hydrogens (tertiary/aromatic N) is 1. The lowest BCUT2D eigenvalue weighted by molar-refractivity contribution is -0.0891. The zero-order valence-electron chi connectivity index (χ0n) is 17.0. The highest BCUT2D eigenvalue weighted by molar-refractivity contribution is 9.10. The summed E-state index contributed by atoms with van der Waals surface area (Å²) >= 11 is 3.48. The van der Waals surface area contributed by atoms with Crippen LogP contribution in [0.2, 0.25) is 0 Å². The molecule has 0 radical (unpaired) electrons. The van der Waals surface area contributed by atoms with Crippen LogP contribution >= 0.6 is 28.3 Å². The summed E-state index contributed by atoms with van der Waals surface area (Å²) < 4.78 is 13.1. The zero-order valence-corrected chi connectivity index (χ0v) is 19.4. The van der Waals surface area contributed by atoms with Gasteiger partial charge in [-0.25, -0.2) is 0 Å². The van der Waals surface area contributed by atoms with E-state index < -0.39 is 6.10 Å². The Balaban J connectivity index is 0.00000300. The van der Waals surface area contributed by atoms with Gasteiger partial charge < -0.3 is 14.6 Å². The summed E-state index contributed by atoms with van der Waals surface area (Å²) in [4.78, 5) is 2.30. The highest BCUT2D eigenvalue weighted by Crippen LogP contribution is 2.29. The van der Waals surface area contributed by atoms with E-state index in [4.69, 9.17) is 9.47 Å². The lowest BCUT2D eigenvalue weighted by Gasteiger charge is -2.40. The predicted molar refractivity (Wildman–Crippen MR) is 123 cm³/mol. The Kier molecular flexibility index (Phi) is 10.1. The van der Waals surface area contributed by atoms with Crippen molar-refractivity contribution >= 4 is 28.3 Å². The van der Waals surface area contributed by atoms with Crippen LogP contribution in [-0.2, 0) is 9.47 Å². The molecule has 1 aliphatic heterocycles. The molecule has 0 spiro atoms. The Labute approximate surface area is 188 Å². The molecule has 1 aliphatic rings. The van der Waals surface area contributed by atoms with Crippen molar-refractivity contribution in [1.82, 2.24) is 4.90 Å². The largest absolute Gasteiger partial charge is 0.389 e.